The molecule has 7 heteroatoms. The lowest BCUT2D eigenvalue weighted by Gasteiger charge is -2.08. The summed E-state index contributed by atoms with van der Waals surface area (Å²) < 4.78 is 1.65. The number of hydrogen-bond donors (Lipinski definition) is 2. The molecule has 0 radical (unpaired) electrons. The lowest BCUT2D eigenvalue weighted by molar-refractivity contribution is 0.880. The van der Waals surface area contributed by atoms with Crippen molar-refractivity contribution in [3.63, 3.8) is 0 Å². The third-order valence-corrected chi connectivity index (χ3v) is 2.79. The number of amidine groups is 1. The van der Waals surface area contributed by atoms with Gasteiger partial charge < -0.3 is 5.73 Å². The molecule has 0 amide bonds. The molecule has 0 fully saturated rings. The number of nitrogens with zero attached hydrogens (tertiary/aromatic N) is 5. The molecule has 0 aromatic carbocycles. The van der Waals surface area contributed by atoms with Crippen LogP contribution in [0.15, 0.2) is 49.3 Å². The Morgan fingerprint density at radius 1 is 1.15 bits per heavy atom. The highest BCUT2D eigenvalue weighted by Crippen LogP contribution is 2.22. The molecule has 0 aliphatic heterocycles. The van der Waals surface area contributed by atoms with Crippen LogP contribution in [0.5, 0.6) is 0 Å². The molecule has 0 aliphatic carbocycles. The van der Waals surface area contributed by atoms with Gasteiger partial charge in [-0.15, -0.1) is 0 Å². The Balaban J connectivity index is 2.18. The summed E-state index contributed by atoms with van der Waals surface area (Å²) in [5.74, 6) is 0.527. The third kappa shape index (κ3) is 2.01. The molecule has 0 atom stereocenters. The second kappa shape index (κ2) is 4.88. The van der Waals surface area contributed by atoms with Gasteiger partial charge in [-0.3, -0.25) is 15.4 Å². The van der Waals surface area contributed by atoms with E-state index in [4.69, 9.17) is 11.1 Å². The molecule has 0 unspecified atom stereocenters. The van der Waals surface area contributed by atoms with Crippen molar-refractivity contribution in [3.05, 3.63) is 54.9 Å². The third-order valence-electron chi connectivity index (χ3n) is 2.79. The van der Waals surface area contributed by atoms with E-state index in [-0.39, 0.29) is 5.84 Å². The Morgan fingerprint density at radius 3 is 2.75 bits per heavy atom. The minimum absolute atomic E-state index is 0.0613. The molecule has 3 rings (SSSR count). The smallest absolute Gasteiger partial charge is 0.164 e. The maximum absolute atomic E-state index is 7.62. The normalized spacial score (nSPS) is 10.4. The fraction of sp³-hybridized carbons (Fsp3) is 0. The van der Waals surface area contributed by atoms with E-state index < -0.39 is 0 Å². The van der Waals surface area contributed by atoms with Gasteiger partial charge in [0.25, 0.3) is 0 Å². The van der Waals surface area contributed by atoms with Crippen LogP contribution in [0.25, 0.3) is 17.1 Å². The van der Waals surface area contributed by atoms with Crippen LogP contribution < -0.4 is 5.73 Å². The van der Waals surface area contributed by atoms with E-state index in [2.05, 4.69) is 20.1 Å². The molecule has 0 saturated carbocycles. The molecule has 3 N–H and O–H groups in total. The van der Waals surface area contributed by atoms with Gasteiger partial charge in [0.1, 0.15) is 12.2 Å². The van der Waals surface area contributed by atoms with Gasteiger partial charge in [0.2, 0.25) is 0 Å². The monoisotopic (exact) mass is 265 g/mol. The quantitative estimate of drug-likeness (QED) is 0.543. The summed E-state index contributed by atoms with van der Waals surface area (Å²) in [7, 11) is 0. The zero-order valence-electron chi connectivity index (χ0n) is 10.4. The molecule has 7 nitrogen and oxygen atoms in total. The van der Waals surface area contributed by atoms with E-state index in [0.29, 0.717) is 17.0 Å². The highest BCUT2D eigenvalue weighted by molar-refractivity contribution is 6.00. The fourth-order valence-corrected chi connectivity index (χ4v) is 1.90. The van der Waals surface area contributed by atoms with Gasteiger partial charge in [0.15, 0.2) is 5.82 Å². The molecule has 20 heavy (non-hydrogen) atoms. The van der Waals surface area contributed by atoms with Gasteiger partial charge in [0.05, 0.1) is 11.9 Å². The van der Waals surface area contributed by atoms with Crippen LogP contribution in [0.4, 0.5) is 0 Å². The lowest BCUT2D eigenvalue weighted by atomic mass is 10.1. The summed E-state index contributed by atoms with van der Waals surface area (Å²) in [5, 5.41) is 11.8. The summed E-state index contributed by atoms with van der Waals surface area (Å²) in [6.45, 7) is 0. The molecule has 98 valence electrons. The average molecular weight is 265 g/mol. The SMILES string of the molecule is N=C(N)c1cnccc1-c1ncnn1-c1cccnc1. The summed E-state index contributed by atoms with van der Waals surface area (Å²) in [5.41, 5.74) is 7.59. The van der Waals surface area contributed by atoms with Crippen LogP contribution in [-0.4, -0.2) is 30.6 Å². The molecular formula is C13H11N7. The molecule has 3 aromatic heterocycles. The van der Waals surface area contributed by atoms with Gasteiger partial charge in [-0.25, -0.2) is 9.67 Å². The Hall–Kier alpha value is -3.09. The van der Waals surface area contributed by atoms with Crippen LogP contribution in [0.2, 0.25) is 0 Å². The van der Waals surface area contributed by atoms with Crippen molar-refractivity contribution in [1.82, 2.24) is 24.7 Å². The van der Waals surface area contributed by atoms with Crippen LogP contribution in [0.1, 0.15) is 5.56 Å². The summed E-state index contributed by atoms with van der Waals surface area (Å²) in [6.07, 6.45) is 8.00. The zero-order chi connectivity index (χ0) is 13.9. The molecule has 3 aromatic rings. The number of nitrogens with two attached hydrogens (primary N) is 1. The van der Waals surface area contributed by atoms with Crippen molar-refractivity contribution >= 4 is 5.84 Å². The van der Waals surface area contributed by atoms with Crippen molar-refractivity contribution in [2.45, 2.75) is 0 Å². The molecule has 0 saturated heterocycles. The predicted molar refractivity (Wildman–Crippen MR) is 73.4 cm³/mol. The summed E-state index contributed by atoms with van der Waals surface area (Å²) in [4.78, 5) is 12.3. The van der Waals surface area contributed by atoms with Crippen molar-refractivity contribution in [2.24, 2.45) is 5.73 Å². The van der Waals surface area contributed by atoms with Crippen LogP contribution in [-0.2, 0) is 0 Å². The highest BCUT2D eigenvalue weighted by Gasteiger charge is 2.14. The Kier molecular flexibility index (Phi) is 2.92. The van der Waals surface area contributed by atoms with Crippen molar-refractivity contribution in [2.75, 3.05) is 0 Å². The predicted octanol–water partition coefficient (Wildman–Crippen LogP) is 1.01. The maximum atomic E-state index is 7.62. The lowest BCUT2D eigenvalue weighted by Crippen LogP contribution is -2.14. The first-order valence-corrected chi connectivity index (χ1v) is 5.86. The van der Waals surface area contributed by atoms with Crippen LogP contribution in [0, 0.1) is 5.41 Å². The first-order chi connectivity index (χ1) is 9.77. The van der Waals surface area contributed by atoms with E-state index in [0.717, 1.165) is 5.69 Å². The number of rotatable bonds is 3. The number of nitrogen functional groups attached to an aromatic ring is 1. The standard InChI is InChI=1S/C13H11N7/c14-12(15)11-7-17-5-3-10(11)13-18-8-19-20(13)9-2-1-4-16-6-9/h1-8H,(H3,14,15). The van der Waals surface area contributed by atoms with Crippen LogP contribution >= 0.6 is 0 Å². The van der Waals surface area contributed by atoms with Crippen LogP contribution in [0.3, 0.4) is 0 Å². The Labute approximate surface area is 114 Å². The molecule has 0 aliphatic rings. The van der Waals surface area contributed by atoms with Crippen molar-refractivity contribution in [3.8, 4) is 17.1 Å². The van der Waals surface area contributed by atoms with Gasteiger partial charge in [0, 0.05) is 29.7 Å². The number of aromatic nitrogens is 5. The maximum Gasteiger partial charge on any atom is 0.164 e. The second-order valence-electron chi connectivity index (χ2n) is 4.04. The van der Waals surface area contributed by atoms with Gasteiger partial charge in [-0.2, -0.15) is 5.10 Å². The Bertz CT molecular complexity index is 748. The molecule has 0 bridgehead atoms. The van der Waals surface area contributed by atoms with E-state index in [1.54, 1.807) is 35.5 Å². The first kappa shape index (κ1) is 12.0. The largest absolute Gasteiger partial charge is 0.384 e. The topological polar surface area (TPSA) is 106 Å². The molecule has 3 heterocycles. The first-order valence-electron chi connectivity index (χ1n) is 5.86. The van der Waals surface area contributed by atoms with E-state index in [1.165, 1.54) is 6.33 Å². The molecule has 0 spiro atoms. The number of hydrogen-bond acceptors (Lipinski definition) is 5. The van der Waals surface area contributed by atoms with E-state index in [9.17, 15) is 0 Å². The fourth-order valence-electron chi connectivity index (χ4n) is 1.90. The minimum atomic E-state index is -0.0613. The summed E-state index contributed by atoms with van der Waals surface area (Å²) >= 11 is 0. The highest BCUT2D eigenvalue weighted by atomic mass is 15.3. The van der Waals surface area contributed by atoms with Crippen molar-refractivity contribution in [1.29, 1.82) is 5.41 Å². The number of pyridine rings is 2. The number of nitrogens with one attached hydrogen (secondary N) is 1. The van der Waals surface area contributed by atoms with Gasteiger partial charge in [-0.05, 0) is 18.2 Å². The Morgan fingerprint density at radius 2 is 2.00 bits per heavy atom. The molecular weight excluding hydrogens is 254 g/mol. The average Bonchev–Trinajstić information content (AvgIpc) is 2.97. The van der Waals surface area contributed by atoms with Crippen molar-refractivity contribution < 1.29 is 0 Å². The van der Waals surface area contributed by atoms with Gasteiger partial charge >= 0.3 is 0 Å². The van der Waals surface area contributed by atoms with Gasteiger partial charge in [-0.1, -0.05) is 0 Å². The second-order valence-corrected chi connectivity index (χ2v) is 4.04. The van der Waals surface area contributed by atoms with E-state index >= 15 is 0 Å². The summed E-state index contributed by atoms with van der Waals surface area (Å²) in [6, 6.07) is 5.45. The zero-order valence-corrected chi connectivity index (χ0v) is 10.4. The minimum Gasteiger partial charge on any atom is -0.384 e. The van der Waals surface area contributed by atoms with E-state index in [1.807, 2.05) is 12.1 Å².